The van der Waals surface area contributed by atoms with Crippen LogP contribution in [0.4, 0.5) is 11.4 Å². The second kappa shape index (κ2) is 16.0. The number of hydrogen-bond acceptors (Lipinski definition) is 8. The summed E-state index contributed by atoms with van der Waals surface area (Å²) in [7, 11) is 12.5. The molecule has 0 saturated carbocycles. The van der Waals surface area contributed by atoms with Gasteiger partial charge in [-0.05, 0) is 60.6 Å². The van der Waals surface area contributed by atoms with Gasteiger partial charge < -0.3 is 38.5 Å². The Balaban J connectivity index is 1.85. The third-order valence-corrected chi connectivity index (χ3v) is 6.86. The lowest BCUT2D eigenvalue weighted by molar-refractivity contribution is 0.0283. The first-order valence-electron chi connectivity index (χ1n) is 13.6. The van der Waals surface area contributed by atoms with Crippen LogP contribution >= 0.6 is 0 Å². The lowest BCUT2D eigenvalue weighted by Crippen LogP contribution is -2.28. The summed E-state index contributed by atoms with van der Waals surface area (Å²) < 4.78 is 23.9. The summed E-state index contributed by atoms with van der Waals surface area (Å²) in [4.78, 5) is 8.76. The Kier molecular flexibility index (Phi) is 12.8. The predicted octanol–water partition coefficient (Wildman–Crippen LogP) is 3.43. The minimum atomic E-state index is 0.555. The van der Waals surface area contributed by atoms with Gasteiger partial charge in [-0.15, -0.1) is 0 Å². The van der Waals surface area contributed by atoms with E-state index >= 15 is 0 Å². The van der Waals surface area contributed by atoms with Gasteiger partial charge in [0.1, 0.15) is 0 Å². The van der Waals surface area contributed by atoms with Gasteiger partial charge in [0, 0.05) is 65.7 Å². The molecule has 0 unspecified atom stereocenters. The van der Waals surface area contributed by atoms with Crippen LogP contribution in [0.5, 0.6) is 0 Å². The molecule has 3 rings (SSSR count). The highest BCUT2D eigenvalue weighted by Crippen LogP contribution is 2.33. The molecule has 0 N–H and O–H groups in total. The molecule has 0 aliphatic carbocycles. The molecule has 1 aliphatic rings. The lowest BCUT2D eigenvalue weighted by atomic mass is 9.94. The van der Waals surface area contributed by atoms with Crippen LogP contribution in [-0.4, -0.2) is 118 Å². The lowest BCUT2D eigenvalue weighted by Gasteiger charge is -2.22. The van der Waals surface area contributed by atoms with Crippen molar-refractivity contribution in [1.82, 2.24) is 9.80 Å². The largest absolute Gasteiger partial charge is 0.378 e. The molecule has 0 fully saturated rings. The minimum absolute atomic E-state index is 0.555. The van der Waals surface area contributed by atoms with Crippen molar-refractivity contribution in [3.63, 3.8) is 0 Å². The Morgan fingerprint density at radius 3 is 1.26 bits per heavy atom. The quantitative estimate of drug-likeness (QED) is 0.588. The molecular weight excluding hydrogens is 480 g/mol. The van der Waals surface area contributed by atoms with Crippen molar-refractivity contribution in [1.29, 1.82) is 0 Å². The highest BCUT2D eigenvalue weighted by molar-refractivity contribution is 5.75. The van der Waals surface area contributed by atoms with Crippen molar-refractivity contribution in [3.05, 3.63) is 47.5 Å². The van der Waals surface area contributed by atoms with Crippen molar-refractivity contribution in [3.8, 4) is 11.1 Å². The van der Waals surface area contributed by atoms with Crippen LogP contribution in [0.3, 0.4) is 0 Å². The third-order valence-electron chi connectivity index (χ3n) is 6.86. The molecule has 0 amide bonds. The fourth-order valence-electron chi connectivity index (χ4n) is 4.27. The van der Waals surface area contributed by atoms with Gasteiger partial charge >= 0.3 is 0 Å². The van der Waals surface area contributed by atoms with Crippen LogP contribution in [0.1, 0.15) is 11.1 Å². The van der Waals surface area contributed by atoms with Gasteiger partial charge in [-0.25, -0.2) is 0 Å². The average molecular weight is 529 g/mol. The summed E-state index contributed by atoms with van der Waals surface area (Å²) >= 11 is 0. The van der Waals surface area contributed by atoms with Crippen molar-refractivity contribution < 1.29 is 18.9 Å². The van der Waals surface area contributed by atoms with Crippen molar-refractivity contribution in [2.75, 3.05) is 118 Å². The molecule has 0 saturated heterocycles. The van der Waals surface area contributed by atoms with E-state index in [0.29, 0.717) is 52.9 Å². The zero-order chi connectivity index (χ0) is 27.3. The van der Waals surface area contributed by atoms with E-state index in [1.54, 1.807) is 0 Å². The number of nitrogens with zero attached hydrogens (tertiary/aromatic N) is 4. The van der Waals surface area contributed by atoms with Crippen LogP contribution < -0.4 is 9.80 Å². The normalized spacial score (nSPS) is 18.5. The van der Waals surface area contributed by atoms with Crippen LogP contribution in [0.2, 0.25) is 0 Å². The van der Waals surface area contributed by atoms with E-state index in [1.807, 2.05) is 0 Å². The molecule has 0 spiro atoms. The van der Waals surface area contributed by atoms with Crippen LogP contribution in [0.15, 0.2) is 36.4 Å². The smallest absolute Gasteiger partial charge is 0.0724 e. The Bertz CT molecular complexity index is 892. The summed E-state index contributed by atoms with van der Waals surface area (Å²) in [5.74, 6) is 0. The number of ether oxygens (including phenoxy) is 4. The summed E-state index contributed by atoms with van der Waals surface area (Å²) in [6, 6.07) is 13.3. The van der Waals surface area contributed by atoms with E-state index in [2.05, 4.69) is 98.3 Å². The van der Waals surface area contributed by atoms with E-state index in [0.717, 1.165) is 37.6 Å². The Labute approximate surface area is 230 Å². The number of fused-ring (bicyclic) bond motifs is 3. The molecule has 38 heavy (non-hydrogen) atoms. The first-order chi connectivity index (χ1) is 18.3. The van der Waals surface area contributed by atoms with Crippen LogP contribution in [-0.2, 0) is 32.2 Å². The van der Waals surface area contributed by atoms with Gasteiger partial charge in [-0.1, -0.05) is 12.1 Å². The number of anilines is 2. The zero-order valence-electron chi connectivity index (χ0n) is 24.4. The maximum atomic E-state index is 6.20. The summed E-state index contributed by atoms with van der Waals surface area (Å²) in [5.41, 5.74) is 7.08. The van der Waals surface area contributed by atoms with Crippen molar-refractivity contribution in [2.24, 2.45) is 0 Å². The minimum Gasteiger partial charge on any atom is -0.378 e. The maximum Gasteiger partial charge on any atom is 0.0724 e. The van der Waals surface area contributed by atoms with Gasteiger partial charge in [0.15, 0.2) is 0 Å². The highest BCUT2D eigenvalue weighted by Gasteiger charge is 2.14. The molecule has 0 bridgehead atoms. The summed E-state index contributed by atoms with van der Waals surface area (Å²) in [6.45, 7) is 8.50. The third kappa shape index (κ3) is 9.84. The Hall–Kier alpha value is -2.20. The first-order valence-corrected chi connectivity index (χ1v) is 13.6. The SMILES string of the molecule is CN1CCOCCOCCN(C)CCOCc2cc(N(C)C)ccc2-c2ccc(N(C)C)cc2COCC1. The second-order valence-corrected chi connectivity index (χ2v) is 10.4. The van der Waals surface area contributed by atoms with E-state index < -0.39 is 0 Å². The number of hydrogen-bond donors (Lipinski definition) is 0. The number of benzene rings is 2. The molecule has 0 aromatic heterocycles. The fraction of sp³-hybridized carbons (Fsp3) is 0.600. The van der Waals surface area contributed by atoms with Gasteiger partial charge in [-0.2, -0.15) is 0 Å². The average Bonchev–Trinajstić information content (AvgIpc) is 2.90. The predicted molar refractivity (Wildman–Crippen MR) is 156 cm³/mol. The van der Waals surface area contributed by atoms with Crippen molar-refractivity contribution in [2.45, 2.75) is 13.2 Å². The second-order valence-electron chi connectivity index (χ2n) is 10.4. The van der Waals surface area contributed by atoms with Gasteiger partial charge in [0.05, 0.1) is 52.9 Å². The maximum absolute atomic E-state index is 6.20. The van der Waals surface area contributed by atoms with Gasteiger partial charge in [0.25, 0.3) is 0 Å². The molecule has 8 nitrogen and oxygen atoms in total. The monoisotopic (exact) mass is 528 g/mol. The van der Waals surface area contributed by atoms with Gasteiger partial charge in [-0.3, -0.25) is 0 Å². The molecule has 2 aromatic rings. The van der Waals surface area contributed by atoms with Gasteiger partial charge in [0.2, 0.25) is 0 Å². The first kappa shape index (κ1) is 30.3. The highest BCUT2D eigenvalue weighted by atomic mass is 16.5. The molecule has 2 aromatic carbocycles. The molecule has 1 heterocycles. The topological polar surface area (TPSA) is 49.9 Å². The van der Waals surface area contributed by atoms with Crippen LogP contribution in [0.25, 0.3) is 11.1 Å². The number of rotatable bonds is 2. The van der Waals surface area contributed by atoms with E-state index in [9.17, 15) is 0 Å². The standard InChI is InChI=1S/C30H48N4O4/c1-31(2)27-7-9-29-25(21-27)23-37-17-13-33(5)11-15-35-19-20-36-16-12-34(6)14-18-38-24-26-22-28(32(3)4)8-10-30(26)29/h7-10,21-22H,11-20,23-24H2,1-6H3. The van der Waals surface area contributed by atoms with E-state index in [-0.39, 0.29) is 0 Å². The molecule has 1 aliphatic heterocycles. The Morgan fingerprint density at radius 1 is 0.526 bits per heavy atom. The van der Waals surface area contributed by atoms with E-state index in [1.165, 1.54) is 22.3 Å². The zero-order valence-corrected chi connectivity index (χ0v) is 24.4. The molecular formula is C30H48N4O4. The van der Waals surface area contributed by atoms with Crippen molar-refractivity contribution >= 4 is 11.4 Å². The van der Waals surface area contributed by atoms with E-state index in [4.69, 9.17) is 18.9 Å². The molecule has 0 radical (unpaired) electrons. The molecule has 0 atom stereocenters. The fourth-order valence-corrected chi connectivity index (χ4v) is 4.27. The molecule has 212 valence electrons. The Morgan fingerprint density at radius 2 is 0.895 bits per heavy atom. The summed E-state index contributed by atoms with van der Waals surface area (Å²) in [6.07, 6.45) is 0. The van der Waals surface area contributed by atoms with Crippen LogP contribution in [0, 0.1) is 0 Å². The molecule has 8 heteroatoms. The number of likely N-dealkylation sites (N-methyl/N-ethyl adjacent to an activating group) is 2. The summed E-state index contributed by atoms with van der Waals surface area (Å²) in [5, 5.41) is 0.